The van der Waals surface area contributed by atoms with Gasteiger partial charge in [-0.3, -0.25) is 0 Å². The molecule has 4 rings (SSSR count). The number of hydrogen-bond donors (Lipinski definition) is 1. The first kappa shape index (κ1) is 16.7. The predicted octanol–water partition coefficient (Wildman–Crippen LogP) is 4.59. The summed E-state index contributed by atoms with van der Waals surface area (Å²) < 4.78 is 7.68. The predicted molar refractivity (Wildman–Crippen MR) is 104 cm³/mol. The molecule has 0 saturated carbocycles. The lowest BCUT2D eigenvalue weighted by molar-refractivity contribution is 0.183. The second kappa shape index (κ2) is 7.25. The molecule has 0 saturated heterocycles. The molecule has 0 bridgehead atoms. The Labute approximate surface area is 156 Å². The third-order valence-electron chi connectivity index (χ3n) is 4.53. The number of nitrogens with one attached hydrogen (secondary N) is 1. The van der Waals surface area contributed by atoms with Gasteiger partial charge in [0.2, 0.25) is 0 Å². The lowest BCUT2D eigenvalue weighted by Crippen LogP contribution is -2.44. The van der Waals surface area contributed by atoms with Gasteiger partial charge < -0.3 is 19.5 Å². The number of ether oxygens (including phenoxy) is 1. The highest BCUT2D eigenvalue weighted by molar-refractivity contribution is 7.10. The average Bonchev–Trinajstić information content (AvgIpc) is 3.34. The quantitative estimate of drug-likeness (QED) is 0.733. The third-order valence-corrected chi connectivity index (χ3v) is 5.45. The first-order valence-electron chi connectivity index (χ1n) is 8.75. The SMILES string of the molecule is CCOc1ccc(NC(=O)N2CCn3cccc3C2c2cccs2)cc1. The second-order valence-electron chi connectivity index (χ2n) is 6.13. The molecule has 1 N–H and O–H groups in total. The molecule has 26 heavy (non-hydrogen) atoms. The van der Waals surface area contributed by atoms with Crippen molar-refractivity contribution in [3.8, 4) is 5.75 Å². The van der Waals surface area contributed by atoms with Crippen molar-refractivity contribution in [3.63, 3.8) is 0 Å². The molecular weight excluding hydrogens is 346 g/mol. The molecule has 2 aromatic heterocycles. The summed E-state index contributed by atoms with van der Waals surface area (Å²) in [6.45, 7) is 4.06. The minimum Gasteiger partial charge on any atom is -0.494 e. The van der Waals surface area contributed by atoms with E-state index in [-0.39, 0.29) is 12.1 Å². The molecule has 1 unspecified atom stereocenters. The van der Waals surface area contributed by atoms with Crippen LogP contribution in [0.5, 0.6) is 5.75 Å². The molecule has 1 atom stereocenters. The Morgan fingerprint density at radius 3 is 2.77 bits per heavy atom. The van der Waals surface area contributed by atoms with Gasteiger partial charge in [-0.15, -0.1) is 11.3 Å². The van der Waals surface area contributed by atoms with Crippen molar-refractivity contribution < 1.29 is 9.53 Å². The fourth-order valence-electron chi connectivity index (χ4n) is 3.34. The summed E-state index contributed by atoms with van der Waals surface area (Å²) in [6.07, 6.45) is 2.08. The van der Waals surface area contributed by atoms with Gasteiger partial charge in [0.1, 0.15) is 11.8 Å². The minimum atomic E-state index is -0.0833. The molecule has 0 aliphatic carbocycles. The number of nitrogens with zero attached hydrogens (tertiary/aromatic N) is 2. The molecule has 3 aromatic rings. The van der Waals surface area contributed by atoms with Gasteiger partial charge >= 0.3 is 6.03 Å². The van der Waals surface area contributed by atoms with E-state index < -0.39 is 0 Å². The van der Waals surface area contributed by atoms with E-state index >= 15 is 0 Å². The summed E-state index contributed by atoms with van der Waals surface area (Å²) >= 11 is 1.68. The zero-order valence-corrected chi connectivity index (χ0v) is 15.4. The molecule has 0 radical (unpaired) electrons. The summed E-state index contributed by atoms with van der Waals surface area (Å²) in [5.74, 6) is 0.803. The van der Waals surface area contributed by atoms with Gasteiger partial charge in [-0.1, -0.05) is 6.07 Å². The largest absolute Gasteiger partial charge is 0.494 e. The number of rotatable bonds is 4. The number of benzene rings is 1. The second-order valence-corrected chi connectivity index (χ2v) is 7.10. The van der Waals surface area contributed by atoms with Gasteiger partial charge in [-0.2, -0.15) is 0 Å². The summed E-state index contributed by atoms with van der Waals surface area (Å²) in [4.78, 5) is 16.1. The fourth-order valence-corrected chi connectivity index (χ4v) is 4.19. The molecule has 1 aliphatic heterocycles. The van der Waals surface area contributed by atoms with Crippen molar-refractivity contribution in [2.75, 3.05) is 18.5 Å². The van der Waals surface area contributed by atoms with Gasteiger partial charge in [0.15, 0.2) is 0 Å². The van der Waals surface area contributed by atoms with E-state index in [0.717, 1.165) is 23.7 Å². The maximum absolute atomic E-state index is 13.0. The van der Waals surface area contributed by atoms with Gasteiger partial charge in [-0.05, 0) is 54.8 Å². The summed E-state index contributed by atoms with van der Waals surface area (Å²) in [5.41, 5.74) is 1.92. The van der Waals surface area contributed by atoms with E-state index in [1.165, 1.54) is 4.88 Å². The Bertz CT molecular complexity index is 871. The van der Waals surface area contributed by atoms with E-state index in [1.807, 2.05) is 48.2 Å². The Kier molecular flexibility index (Phi) is 4.67. The summed E-state index contributed by atoms with van der Waals surface area (Å²) in [7, 11) is 0. The smallest absolute Gasteiger partial charge is 0.322 e. The van der Waals surface area contributed by atoms with Crippen molar-refractivity contribution >= 4 is 23.1 Å². The number of hydrogen-bond acceptors (Lipinski definition) is 3. The van der Waals surface area contributed by atoms with Crippen molar-refractivity contribution in [2.45, 2.75) is 19.5 Å². The van der Waals surface area contributed by atoms with Crippen LogP contribution in [-0.4, -0.2) is 28.6 Å². The van der Waals surface area contributed by atoms with E-state index in [0.29, 0.717) is 13.2 Å². The first-order valence-corrected chi connectivity index (χ1v) is 9.63. The highest BCUT2D eigenvalue weighted by atomic mass is 32.1. The van der Waals surface area contributed by atoms with Crippen molar-refractivity contribution in [1.82, 2.24) is 9.47 Å². The standard InChI is InChI=1S/C20H21N3O2S/c1-2-25-16-9-7-15(8-10-16)21-20(24)23-13-12-22-11-3-5-17(22)19(23)18-6-4-14-26-18/h3-11,14,19H,2,12-13H2,1H3,(H,21,24). The maximum Gasteiger partial charge on any atom is 0.322 e. The Morgan fingerprint density at radius 2 is 2.04 bits per heavy atom. The minimum absolute atomic E-state index is 0.0542. The molecule has 2 amide bonds. The molecule has 0 spiro atoms. The monoisotopic (exact) mass is 367 g/mol. The van der Waals surface area contributed by atoms with Gasteiger partial charge in [-0.25, -0.2) is 4.79 Å². The van der Waals surface area contributed by atoms with Crippen molar-refractivity contribution in [1.29, 1.82) is 0 Å². The van der Waals surface area contributed by atoms with Crippen LogP contribution in [0.2, 0.25) is 0 Å². The summed E-state index contributed by atoms with van der Waals surface area (Å²) in [6, 6.07) is 15.6. The fraction of sp³-hybridized carbons (Fsp3) is 0.250. The van der Waals surface area contributed by atoms with Gasteiger partial charge in [0, 0.05) is 35.5 Å². The molecule has 5 nitrogen and oxygen atoms in total. The van der Waals surface area contributed by atoms with E-state index in [2.05, 4.69) is 33.6 Å². The first-order chi connectivity index (χ1) is 12.8. The molecule has 0 fully saturated rings. The lowest BCUT2D eigenvalue weighted by Gasteiger charge is -2.36. The lowest BCUT2D eigenvalue weighted by atomic mass is 10.1. The van der Waals surface area contributed by atoms with Gasteiger partial charge in [0.25, 0.3) is 0 Å². The highest BCUT2D eigenvalue weighted by Gasteiger charge is 2.32. The van der Waals surface area contributed by atoms with E-state index in [4.69, 9.17) is 4.74 Å². The van der Waals surface area contributed by atoms with Crippen LogP contribution in [0.4, 0.5) is 10.5 Å². The van der Waals surface area contributed by atoms with E-state index in [9.17, 15) is 4.79 Å². The molecule has 134 valence electrons. The van der Waals surface area contributed by atoms with Crippen LogP contribution in [0.3, 0.4) is 0 Å². The Morgan fingerprint density at radius 1 is 1.19 bits per heavy atom. The number of carbonyl (C=O) groups excluding carboxylic acids is 1. The Balaban J connectivity index is 1.56. The van der Waals surface area contributed by atoms with Gasteiger partial charge in [0.05, 0.1) is 6.61 Å². The topological polar surface area (TPSA) is 46.5 Å². The van der Waals surface area contributed by atoms with Crippen molar-refractivity contribution in [2.24, 2.45) is 0 Å². The van der Waals surface area contributed by atoms with Crippen LogP contribution < -0.4 is 10.1 Å². The number of aromatic nitrogens is 1. The van der Waals surface area contributed by atoms with Crippen LogP contribution in [-0.2, 0) is 6.54 Å². The van der Waals surface area contributed by atoms with E-state index in [1.54, 1.807) is 11.3 Å². The van der Waals surface area contributed by atoms with Crippen LogP contribution in [0, 0.1) is 0 Å². The number of amides is 2. The zero-order valence-electron chi connectivity index (χ0n) is 14.6. The zero-order chi connectivity index (χ0) is 17.9. The molecule has 6 heteroatoms. The van der Waals surface area contributed by atoms with Crippen LogP contribution >= 0.6 is 11.3 Å². The molecule has 1 aromatic carbocycles. The van der Waals surface area contributed by atoms with Crippen LogP contribution in [0.15, 0.2) is 60.1 Å². The number of fused-ring (bicyclic) bond motifs is 1. The molecule has 1 aliphatic rings. The average molecular weight is 367 g/mol. The third kappa shape index (κ3) is 3.20. The summed E-state index contributed by atoms with van der Waals surface area (Å²) in [5, 5.41) is 5.08. The number of urea groups is 1. The highest BCUT2D eigenvalue weighted by Crippen LogP contribution is 2.35. The molecular formula is C20H21N3O2S. The van der Waals surface area contributed by atoms with Crippen LogP contribution in [0.1, 0.15) is 23.5 Å². The molecule has 3 heterocycles. The maximum atomic E-state index is 13.0. The number of anilines is 1. The van der Waals surface area contributed by atoms with Crippen molar-refractivity contribution in [3.05, 3.63) is 70.7 Å². The Hall–Kier alpha value is -2.73. The normalized spacial score (nSPS) is 16.2. The van der Waals surface area contributed by atoms with Crippen LogP contribution in [0.25, 0.3) is 0 Å². The number of thiophene rings is 1. The number of carbonyl (C=O) groups is 1.